The van der Waals surface area contributed by atoms with E-state index in [1.807, 2.05) is 0 Å². The van der Waals surface area contributed by atoms with Gasteiger partial charge in [-0.25, -0.2) is 12.7 Å². The molecule has 0 radical (unpaired) electrons. The summed E-state index contributed by atoms with van der Waals surface area (Å²) in [5, 5.41) is 2.72. The van der Waals surface area contributed by atoms with Crippen LogP contribution in [0.2, 0.25) is 0 Å². The van der Waals surface area contributed by atoms with Gasteiger partial charge in [-0.2, -0.15) is 0 Å². The number of rotatable bonds is 5. The highest BCUT2D eigenvalue weighted by Gasteiger charge is 2.31. The van der Waals surface area contributed by atoms with E-state index in [1.54, 1.807) is 0 Å². The van der Waals surface area contributed by atoms with E-state index in [-0.39, 0.29) is 11.5 Å². The zero-order valence-electron chi connectivity index (χ0n) is 13.5. The van der Waals surface area contributed by atoms with Crippen LogP contribution in [0.25, 0.3) is 0 Å². The monoisotopic (exact) mass is 380 g/mol. The summed E-state index contributed by atoms with van der Waals surface area (Å²) in [7, 11) is -3.19. The quantitative estimate of drug-likeness (QED) is 0.848. The number of alkyl halides is 3. The summed E-state index contributed by atoms with van der Waals surface area (Å²) in [5.41, 5.74) is 0.225. The van der Waals surface area contributed by atoms with E-state index < -0.39 is 28.0 Å². The maximum Gasteiger partial charge on any atom is 0.573 e. The molecule has 6 nitrogen and oxygen atoms in total. The minimum Gasteiger partial charge on any atom is -0.406 e. The van der Waals surface area contributed by atoms with Gasteiger partial charge in [0.25, 0.3) is 5.91 Å². The Morgan fingerprint density at radius 3 is 2.28 bits per heavy atom. The Bertz CT molecular complexity index is 696. The molecule has 1 saturated heterocycles. The van der Waals surface area contributed by atoms with Gasteiger partial charge in [0, 0.05) is 25.2 Å². The zero-order chi connectivity index (χ0) is 18.7. The number of hydrogen-bond acceptors (Lipinski definition) is 4. The third kappa shape index (κ3) is 6.20. The molecule has 0 saturated carbocycles. The first-order valence-electron chi connectivity index (χ1n) is 7.64. The smallest absolute Gasteiger partial charge is 0.406 e. The lowest BCUT2D eigenvalue weighted by Gasteiger charge is -2.30. The summed E-state index contributed by atoms with van der Waals surface area (Å²) >= 11 is 0. The van der Waals surface area contributed by atoms with Crippen LogP contribution in [-0.2, 0) is 10.0 Å². The summed E-state index contributed by atoms with van der Waals surface area (Å²) in [6.07, 6.45) is -2.32. The molecule has 25 heavy (non-hydrogen) atoms. The highest BCUT2D eigenvalue weighted by Crippen LogP contribution is 2.23. The topological polar surface area (TPSA) is 75.7 Å². The molecule has 1 heterocycles. The second-order valence-electron chi connectivity index (χ2n) is 5.89. The van der Waals surface area contributed by atoms with Gasteiger partial charge in [0.15, 0.2) is 0 Å². The van der Waals surface area contributed by atoms with Crippen molar-refractivity contribution in [2.24, 2.45) is 5.92 Å². The third-order valence-electron chi connectivity index (χ3n) is 3.94. The molecule has 1 amide bonds. The van der Waals surface area contributed by atoms with Crippen LogP contribution in [0.5, 0.6) is 5.75 Å². The maximum absolute atomic E-state index is 12.1. The van der Waals surface area contributed by atoms with E-state index in [4.69, 9.17) is 0 Å². The van der Waals surface area contributed by atoms with Gasteiger partial charge in [0.2, 0.25) is 10.0 Å². The van der Waals surface area contributed by atoms with Crippen LogP contribution < -0.4 is 10.1 Å². The average Bonchev–Trinajstić information content (AvgIpc) is 2.51. The third-order valence-corrected chi connectivity index (χ3v) is 5.25. The van der Waals surface area contributed by atoms with Crippen molar-refractivity contribution in [1.82, 2.24) is 9.62 Å². The standard InChI is InChI=1S/C15H19F3N2O4S/c1-25(22,23)20-8-6-11(7-9-20)10-19-14(21)12-2-4-13(5-3-12)24-15(16,17)18/h2-5,11H,6-10H2,1H3,(H,19,21). The number of halogens is 3. The molecular formula is C15H19F3N2O4S. The number of benzene rings is 1. The van der Waals surface area contributed by atoms with Crippen molar-refractivity contribution in [1.29, 1.82) is 0 Å². The molecule has 0 aliphatic carbocycles. The van der Waals surface area contributed by atoms with Crippen LogP contribution in [0.3, 0.4) is 0 Å². The molecule has 0 aromatic heterocycles. The second-order valence-corrected chi connectivity index (χ2v) is 7.87. The lowest BCUT2D eigenvalue weighted by atomic mass is 9.98. The fourth-order valence-corrected chi connectivity index (χ4v) is 3.47. The average molecular weight is 380 g/mol. The molecule has 0 bridgehead atoms. The number of sulfonamides is 1. The van der Waals surface area contributed by atoms with E-state index in [0.717, 1.165) is 12.1 Å². The van der Waals surface area contributed by atoms with Crippen molar-refractivity contribution in [2.45, 2.75) is 19.2 Å². The number of amides is 1. The summed E-state index contributed by atoms with van der Waals surface area (Å²) < 4.78 is 64.3. The SMILES string of the molecule is CS(=O)(=O)N1CCC(CNC(=O)c2ccc(OC(F)(F)F)cc2)CC1. The molecule has 1 aliphatic heterocycles. The van der Waals surface area contributed by atoms with Gasteiger partial charge in [-0.1, -0.05) is 0 Å². The first-order valence-corrected chi connectivity index (χ1v) is 9.48. The van der Waals surface area contributed by atoms with E-state index >= 15 is 0 Å². The second kappa shape index (κ2) is 7.61. The van der Waals surface area contributed by atoms with Gasteiger partial charge in [0.05, 0.1) is 6.26 Å². The number of carbonyl (C=O) groups is 1. The Morgan fingerprint density at radius 1 is 1.24 bits per heavy atom. The van der Waals surface area contributed by atoms with Crippen molar-refractivity contribution in [3.05, 3.63) is 29.8 Å². The van der Waals surface area contributed by atoms with Gasteiger partial charge in [0.1, 0.15) is 5.75 Å². The molecular weight excluding hydrogens is 361 g/mol. The molecule has 1 aliphatic rings. The molecule has 0 atom stereocenters. The Hall–Kier alpha value is -1.81. The highest BCUT2D eigenvalue weighted by atomic mass is 32.2. The molecule has 1 aromatic carbocycles. The largest absolute Gasteiger partial charge is 0.573 e. The van der Waals surface area contributed by atoms with Gasteiger partial charge < -0.3 is 10.1 Å². The number of ether oxygens (including phenoxy) is 1. The van der Waals surface area contributed by atoms with Gasteiger partial charge in [-0.05, 0) is 43.0 Å². The van der Waals surface area contributed by atoms with Gasteiger partial charge >= 0.3 is 6.36 Å². The minimum atomic E-state index is -4.77. The van der Waals surface area contributed by atoms with Crippen molar-refractivity contribution >= 4 is 15.9 Å². The van der Waals surface area contributed by atoms with Crippen LogP contribution in [-0.4, -0.2) is 50.9 Å². The molecule has 10 heteroatoms. The first kappa shape index (κ1) is 19.5. The van der Waals surface area contributed by atoms with Crippen LogP contribution in [0.1, 0.15) is 23.2 Å². The zero-order valence-corrected chi connectivity index (χ0v) is 14.4. The van der Waals surface area contributed by atoms with E-state index in [9.17, 15) is 26.4 Å². The summed E-state index contributed by atoms with van der Waals surface area (Å²) in [6, 6.07) is 4.66. The Kier molecular flexibility index (Phi) is 5.94. The minimum absolute atomic E-state index is 0.162. The highest BCUT2D eigenvalue weighted by molar-refractivity contribution is 7.88. The summed E-state index contributed by atoms with van der Waals surface area (Å²) in [4.78, 5) is 12.0. The van der Waals surface area contributed by atoms with Crippen molar-refractivity contribution in [3.63, 3.8) is 0 Å². The predicted octanol–water partition coefficient (Wildman–Crippen LogP) is 1.99. The number of hydrogen-bond donors (Lipinski definition) is 1. The van der Waals surface area contributed by atoms with E-state index in [1.165, 1.54) is 22.7 Å². The molecule has 1 N–H and O–H groups in total. The lowest BCUT2D eigenvalue weighted by Crippen LogP contribution is -2.41. The normalized spacial score (nSPS) is 17.3. The van der Waals surface area contributed by atoms with Crippen molar-refractivity contribution < 1.29 is 31.1 Å². The Balaban J connectivity index is 1.81. The van der Waals surface area contributed by atoms with Crippen LogP contribution >= 0.6 is 0 Å². The van der Waals surface area contributed by atoms with Crippen LogP contribution in [0, 0.1) is 5.92 Å². The fraction of sp³-hybridized carbons (Fsp3) is 0.533. The van der Waals surface area contributed by atoms with E-state index in [2.05, 4.69) is 10.1 Å². The van der Waals surface area contributed by atoms with Crippen molar-refractivity contribution in [2.75, 3.05) is 25.9 Å². The fourth-order valence-electron chi connectivity index (χ4n) is 2.59. The number of carbonyl (C=O) groups excluding carboxylic acids is 1. The molecule has 140 valence electrons. The molecule has 2 rings (SSSR count). The number of nitrogens with one attached hydrogen (secondary N) is 1. The van der Waals surface area contributed by atoms with Gasteiger partial charge in [-0.3, -0.25) is 4.79 Å². The summed E-state index contributed by atoms with van der Waals surface area (Å²) in [6.45, 7) is 1.23. The molecule has 0 unspecified atom stereocenters. The molecule has 0 spiro atoms. The number of nitrogens with zero attached hydrogens (tertiary/aromatic N) is 1. The van der Waals surface area contributed by atoms with Gasteiger partial charge in [-0.15, -0.1) is 13.2 Å². The van der Waals surface area contributed by atoms with Crippen LogP contribution in [0.4, 0.5) is 13.2 Å². The molecule has 1 aromatic rings. The Morgan fingerprint density at radius 2 is 1.80 bits per heavy atom. The predicted molar refractivity (Wildman–Crippen MR) is 84.6 cm³/mol. The Labute approximate surface area is 144 Å². The van der Waals surface area contributed by atoms with Crippen LogP contribution in [0.15, 0.2) is 24.3 Å². The molecule has 1 fully saturated rings. The first-order chi connectivity index (χ1) is 11.5. The maximum atomic E-state index is 12.1. The van der Waals surface area contributed by atoms with E-state index in [0.29, 0.717) is 32.5 Å². The van der Waals surface area contributed by atoms with Crippen molar-refractivity contribution in [3.8, 4) is 5.75 Å². The lowest BCUT2D eigenvalue weighted by molar-refractivity contribution is -0.274. The number of piperidine rings is 1. The summed E-state index contributed by atoms with van der Waals surface area (Å²) in [5.74, 6) is -0.629.